The van der Waals surface area contributed by atoms with Crippen molar-refractivity contribution in [3.8, 4) is 0 Å². The first-order chi connectivity index (χ1) is 12.6. The van der Waals surface area contributed by atoms with E-state index in [1.807, 2.05) is 6.07 Å². The van der Waals surface area contributed by atoms with Crippen LogP contribution in [0.25, 0.3) is 0 Å². The van der Waals surface area contributed by atoms with Crippen LogP contribution in [0.5, 0.6) is 0 Å². The molecule has 0 unspecified atom stereocenters. The van der Waals surface area contributed by atoms with Gasteiger partial charge in [0.1, 0.15) is 0 Å². The fourth-order valence-corrected chi connectivity index (χ4v) is 4.93. The van der Waals surface area contributed by atoms with Gasteiger partial charge in [0.2, 0.25) is 0 Å². The van der Waals surface area contributed by atoms with Gasteiger partial charge in [-0.3, -0.25) is 9.59 Å². The fraction of sp³-hybridized carbons (Fsp3) is 0.167. The third-order valence-corrected chi connectivity index (χ3v) is 5.85. The van der Waals surface area contributed by atoms with Crippen LogP contribution >= 0.6 is 0 Å². The first kappa shape index (κ1) is 15.3. The number of carbonyl (C=O) groups excluding carboxylic acids is 2. The van der Waals surface area contributed by atoms with Gasteiger partial charge in [0.05, 0.1) is 0 Å². The van der Waals surface area contributed by atoms with E-state index in [2.05, 4.69) is 54.6 Å². The van der Waals surface area contributed by atoms with Gasteiger partial charge in [0.15, 0.2) is 11.6 Å². The van der Waals surface area contributed by atoms with E-state index in [1.54, 1.807) is 6.92 Å². The second-order valence-corrected chi connectivity index (χ2v) is 7.23. The molecule has 0 aliphatic heterocycles. The normalized spacial score (nSPS) is 18.7. The highest BCUT2D eigenvalue weighted by Gasteiger charge is 2.43. The van der Waals surface area contributed by atoms with E-state index in [1.165, 1.54) is 34.7 Å². The van der Waals surface area contributed by atoms with Crippen LogP contribution in [-0.4, -0.2) is 11.6 Å². The van der Waals surface area contributed by atoms with Gasteiger partial charge in [-0.1, -0.05) is 60.7 Å². The third kappa shape index (κ3) is 1.82. The molecule has 0 aromatic heterocycles. The zero-order valence-corrected chi connectivity index (χ0v) is 14.7. The van der Waals surface area contributed by atoms with Gasteiger partial charge in [0, 0.05) is 23.0 Å². The number of carbonyl (C=O) groups is 2. The van der Waals surface area contributed by atoms with Crippen LogP contribution in [-0.2, 0) is 0 Å². The number of hydrogen-bond donors (Lipinski definition) is 0. The highest BCUT2D eigenvalue weighted by atomic mass is 16.1. The maximum Gasteiger partial charge on any atom is 0.160 e. The van der Waals surface area contributed by atoms with Gasteiger partial charge in [0.25, 0.3) is 0 Å². The minimum absolute atomic E-state index is 0.0144. The highest BCUT2D eigenvalue weighted by molar-refractivity contribution is 6.09. The first-order valence-electron chi connectivity index (χ1n) is 8.96. The Morgan fingerprint density at radius 1 is 0.615 bits per heavy atom. The molecule has 0 radical (unpaired) electrons. The van der Waals surface area contributed by atoms with Gasteiger partial charge in [-0.2, -0.15) is 0 Å². The molecule has 26 heavy (non-hydrogen) atoms. The van der Waals surface area contributed by atoms with Gasteiger partial charge >= 0.3 is 0 Å². The highest BCUT2D eigenvalue weighted by Crippen LogP contribution is 2.56. The van der Waals surface area contributed by atoms with E-state index in [9.17, 15) is 9.59 Å². The van der Waals surface area contributed by atoms with Gasteiger partial charge in [-0.25, -0.2) is 0 Å². The molecule has 2 nitrogen and oxygen atoms in total. The lowest BCUT2D eigenvalue weighted by Gasteiger charge is -2.43. The summed E-state index contributed by atoms with van der Waals surface area (Å²) in [6.45, 7) is 3.11. The quantitative estimate of drug-likeness (QED) is 0.421. The van der Waals surface area contributed by atoms with Crippen LogP contribution in [0.1, 0.15) is 79.8 Å². The van der Waals surface area contributed by atoms with Crippen molar-refractivity contribution in [1.29, 1.82) is 0 Å². The van der Waals surface area contributed by atoms with Gasteiger partial charge in [-0.05, 0) is 47.2 Å². The van der Waals surface area contributed by atoms with E-state index >= 15 is 0 Å². The summed E-state index contributed by atoms with van der Waals surface area (Å²) >= 11 is 0. The summed E-state index contributed by atoms with van der Waals surface area (Å²) in [6.07, 6.45) is 0. The van der Waals surface area contributed by atoms with Crippen molar-refractivity contribution < 1.29 is 9.59 Å². The number of Topliss-reactive ketones (excluding diaryl/α,β-unsaturated/α-hetero) is 2. The number of benzene rings is 3. The van der Waals surface area contributed by atoms with Crippen LogP contribution < -0.4 is 0 Å². The summed E-state index contributed by atoms with van der Waals surface area (Å²) in [7, 11) is 0. The van der Waals surface area contributed by atoms with Crippen LogP contribution in [0.2, 0.25) is 0 Å². The molecule has 6 rings (SSSR count). The maximum absolute atomic E-state index is 12.6. The van der Waals surface area contributed by atoms with Crippen LogP contribution in [0.4, 0.5) is 0 Å². The molecule has 3 aromatic carbocycles. The molecular weight excluding hydrogens is 320 g/mol. The first-order valence-corrected chi connectivity index (χ1v) is 8.96. The molecule has 0 heterocycles. The summed E-state index contributed by atoms with van der Waals surface area (Å²) in [5, 5.41) is 0. The number of rotatable bonds is 2. The lowest BCUT2D eigenvalue weighted by Crippen LogP contribution is -2.30. The molecule has 0 N–H and O–H groups in total. The van der Waals surface area contributed by atoms with Crippen molar-refractivity contribution in [2.45, 2.75) is 25.7 Å². The molecule has 2 bridgehead atoms. The standard InChI is InChI=1S/C24H18O2/c1-13(25)15-11-12-20-22-16-7-3-5-9-18(16)23(24(20)21(15)14(2)26)19-10-6-4-8-17(19)22/h3-12,22-23H,1-2H3. The molecule has 0 atom stereocenters. The second kappa shape index (κ2) is 5.25. The summed E-state index contributed by atoms with van der Waals surface area (Å²) < 4.78 is 0. The summed E-state index contributed by atoms with van der Waals surface area (Å²) in [6, 6.07) is 20.9. The largest absolute Gasteiger partial charge is 0.294 e. The molecule has 0 fully saturated rings. The molecule has 0 amide bonds. The Bertz CT molecular complexity index is 1060. The van der Waals surface area contributed by atoms with Crippen molar-refractivity contribution in [3.63, 3.8) is 0 Å². The van der Waals surface area contributed by atoms with E-state index < -0.39 is 0 Å². The Hall–Kier alpha value is -3.00. The molecule has 3 aliphatic rings. The van der Waals surface area contributed by atoms with Crippen molar-refractivity contribution in [3.05, 3.63) is 105 Å². The molecule has 2 heteroatoms. The molecule has 3 aliphatic carbocycles. The molecule has 0 spiro atoms. The Kier molecular flexibility index (Phi) is 3.08. The number of hydrogen-bond acceptors (Lipinski definition) is 2. The van der Waals surface area contributed by atoms with Crippen LogP contribution in [0.15, 0.2) is 60.7 Å². The molecular formula is C24H18O2. The van der Waals surface area contributed by atoms with E-state index in [0.29, 0.717) is 11.1 Å². The minimum atomic E-state index is -0.0546. The van der Waals surface area contributed by atoms with Crippen LogP contribution in [0.3, 0.4) is 0 Å². The Morgan fingerprint density at radius 2 is 1.12 bits per heavy atom. The van der Waals surface area contributed by atoms with E-state index in [4.69, 9.17) is 0 Å². The zero-order chi connectivity index (χ0) is 18.0. The van der Waals surface area contributed by atoms with E-state index in [0.717, 1.165) is 5.56 Å². The molecule has 0 saturated carbocycles. The van der Waals surface area contributed by atoms with Crippen molar-refractivity contribution >= 4 is 11.6 Å². The summed E-state index contributed by atoms with van der Waals surface area (Å²) in [5.41, 5.74) is 8.49. The van der Waals surface area contributed by atoms with E-state index in [-0.39, 0.29) is 23.4 Å². The Balaban J connectivity index is 1.93. The van der Waals surface area contributed by atoms with Crippen molar-refractivity contribution in [2.75, 3.05) is 0 Å². The number of ketones is 2. The summed E-state index contributed by atoms with van der Waals surface area (Å²) in [5.74, 6) is 0.0534. The molecule has 0 saturated heterocycles. The lowest BCUT2D eigenvalue weighted by atomic mass is 9.59. The van der Waals surface area contributed by atoms with Crippen molar-refractivity contribution in [1.82, 2.24) is 0 Å². The lowest BCUT2D eigenvalue weighted by molar-refractivity contribution is 0.0979. The average Bonchev–Trinajstić information content (AvgIpc) is 2.66. The zero-order valence-electron chi connectivity index (χ0n) is 14.7. The Morgan fingerprint density at radius 3 is 1.58 bits per heavy atom. The molecule has 126 valence electrons. The second-order valence-electron chi connectivity index (χ2n) is 7.23. The smallest absolute Gasteiger partial charge is 0.160 e. The third-order valence-electron chi connectivity index (χ3n) is 5.85. The average molecular weight is 338 g/mol. The minimum Gasteiger partial charge on any atom is -0.294 e. The van der Waals surface area contributed by atoms with Gasteiger partial charge in [-0.15, -0.1) is 0 Å². The van der Waals surface area contributed by atoms with Crippen LogP contribution in [0, 0.1) is 0 Å². The topological polar surface area (TPSA) is 34.1 Å². The predicted octanol–water partition coefficient (Wildman–Crippen LogP) is 5.08. The fourth-order valence-electron chi connectivity index (χ4n) is 4.93. The monoisotopic (exact) mass is 338 g/mol. The maximum atomic E-state index is 12.6. The molecule has 3 aromatic rings. The predicted molar refractivity (Wildman–Crippen MR) is 101 cm³/mol. The SMILES string of the molecule is CC(=O)c1ccc2c(c1C(C)=O)C1c3ccccc3C2c2ccccc21. The van der Waals surface area contributed by atoms with Crippen molar-refractivity contribution in [2.24, 2.45) is 0 Å². The Labute approximate surface area is 152 Å². The van der Waals surface area contributed by atoms with Gasteiger partial charge < -0.3 is 0 Å². The summed E-state index contributed by atoms with van der Waals surface area (Å²) in [4.78, 5) is 24.8.